The van der Waals surface area contributed by atoms with Crippen molar-refractivity contribution in [2.24, 2.45) is 0 Å². The summed E-state index contributed by atoms with van der Waals surface area (Å²) in [6, 6.07) is 13.3. The first-order chi connectivity index (χ1) is 17.5. The summed E-state index contributed by atoms with van der Waals surface area (Å²) in [5.74, 6) is 0.00110. The van der Waals surface area contributed by atoms with Gasteiger partial charge in [-0.2, -0.15) is 0 Å². The number of ether oxygens (including phenoxy) is 1. The van der Waals surface area contributed by atoms with Crippen molar-refractivity contribution >= 4 is 17.6 Å². The van der Waals surface area contributed by atoms with E-state index in [1.165, 1.54) is 23.3 Å². The maximum absolute atomic E-state index is 13.4. The zero-order valence-corrected chi connectivity index (χ0v) is 21.3. The van der Waals surface area contributed by atoms with Crippen molar-refractivity contribution in [3.63, 3.8) is 0 Å². The van der Waals surface area contributed by atoms with Crippen LogP contribution in [0.4, 0.5) is 9.18 Å². The summed E-state index contributed by atoms with van der Waals surface area (Å²) < 4.78 is 20.9. The van der Waals surface area contributed by atoms with Gasteiger partial charge in [0.05, 0.1) is 25.2 Å². The van der Waals surface area contributed by atoms with E-state index in [1.54, 1.807) is 12.4 Å². The van der Waals surface area contributed by atoms with Crippen LogP contribution >= 0.6 is 11.6 Å². The fourth-order valence-corrected chi connectivity index (χ4v) is 5.44. The topological polar surface area (TPSA) is 50.6 Å². The number of carbonyl (C=O) groups excluding carboxylic acids is 1. The van der Waals surface area contributed by atoms with Gasteiger partial charge in [-0.25, -0.2) is 14.2 Å². The van der Waals surface area contributed by atoms with Crippen LogP contribution in [0, 0.1) is 5.82 Å². The number of urea groups is 1. The predicted molar refractivity (Wildman–Crippen MR) is 138 cm³/mol. The van der Waals surface area contributed by atoms with Crippen molar-refractivity contribution in [1.29, 1.82) is 0 Å². The number of piperidine rings is 1. The van der Waals surface area contributed by atoms with E-state index in [1.807, 2.05) is 20.6 Å². The number of halogens is 2. The van der Waals surface area contributed by atoms with Crippen LogP contribution in [-0.2, 0) is 17.7 Å². The molecule has 8 heteroatoms. The van der Waals surface area contributed by atoms with Crippen molar-refractivity contribution < 1.29 is 13.9 Å². The number of benzene rings is 2. The van der Waals surface area contributed by atoms with Gasteiger partial charge < -0.3 is 19.1 Å². The third-order valence-electron chi connectivity index (χ3n) is 7.30. The van der Waals surface area contributed by atoms with Crippen LogP contribution < -0.4 is 0 Å². The summed E-state index contributed by atoms with van der Waals surface area (Å²) in [5, 5.41) is 0.404. The number of aryl methyl sites for hydroxylation is 1. The molecule has 1 aromatic heterocycles. The van der Waals surface area contributed by atoms with Gasteiger partial charge in [0.1, 0.15) is 5.82 Å². The zero-order chi connectivity index (χ0) is 25.1. The minimum Gasteiger partial charge on any atom is -0.378 e. The Hall–Kier alpha value is -2.90. The first kappa shape index (κ1) is 24.8. The van der Waals surface area contributed by atoms with Crippen molar-refractivity contribution in [1.82, 2.24) is 19.4 Å². The van der Waals surface area contributed by atoms with Crippen molar-refractivity contribution in [2.75, 3.05) is 39.4 Å². The zero-order valence-electron chi connectivity index (χ0n) is 20.6. The first-order valence-corrected chi connectivity index (χ1v) is 13.0. The number of aromatic nitrogens is 2. The lowest BCUT2D eigenvalue weighted by molar-refractivity contribution is 0.0398. The van der Waals surface area contributed by atoms with Crippen molar-refractivity contribution in [3.8, 4) is 0 Å². The van der Waals surface area contributed by atoms with Gasteiger partial charge in [0.25, 0.3) is 0 Å². The number of carbonyl (C=O) groups is 1. The van der Waals surface area contributed by atoms with E-state index in [-0.39, 0.29) is 23.7 Å². The Morgan fingerprint density at radius 1 is 1.08 bits per heavy atom. The molecular formula is C28H32ClFN4O2. The van der Waals surface area contributed by atoms with Gasteiger partial charge in [0.15, 0.2) is 0 Å². The second-order valence-electron chi connectivity index (χ2n) is 9.72. The second kappa shape index (κ2) is 11.0. The Kier molecular flexibility index (Phi) is 7.58. The molecular weight excluding hydrogens is 479 g/mol. The molecule has 0 bridgehead atoms. The highest BCUT2D eigenvalue weighted by atomic mass is 35.5. The van der Waals surface area contributed by atoms with Crippen LogP contribution in [0.3, 0.4) is 0 Å². The number of morpholine rings is 1. The summed E-state index contributed by atoms with van der Waals surface area (Å²) >= 11 is 6.24. The molecule has 6 nitrogen and oxygen atoms in total. The van der Waals surface area contributed by atoms with Crippen molar-refractivity contribution in [3.05, 3.63) is 88.2 Å². The summed E-state index contributed by atoms with van der Waals surface area (Å²) in [6.45, 7) is 6.42. The van der Waals surface area contributed by atoms with Crippen LogP contribution in [0.15, 0.2) is 55.0 Å². The number of amides is 2. The smallest absolute Gasteiger partial charge is 0.320 e. The maximum Gasteiger partial charge on any atom is 0.320 e. The molecule has 0 spiro atoms. The van der Waals surface area contributed by atoms with Crippen molar-refractivity contribution in [2.45, 2.75) is 38.1 Å². The first-order valence-electron chi connectivity index (χ1n) is 12.7. The Morgan fingerprint density at radius 2 is 1.83 bits per heavy atom. The lowest BCUT2D eigenvalue weighted by atomic mass is 9.83. The van der Waals surface area contributed by atoms with E-state index in [9.17, 15) is 9.18 Å². The molecule has 2 aromatic carbocycles. The summed E-state index contributed by atoms with van der Waals surface area (Å²) in [4.78, 5) is 22.1. The van der Waals surface area contributed by atoms with Crippen LogP contribution in [0.5, 0.6) is 0 Å². The highest BCUT2D eigenvalue weighted by Crippen LogP contribution is 2.36. The monoisotopic (exact) mass is 510 g/mol. The molecule has 2 atom stereocenters. The Labute approximate surface area is 216 Å². The minimum absolute atomic E-state index is 0.0794. The van der Waals surface area contributed by atoms with Gasteiger partial charge in [-0.15, -0.1) is 0 Å². The Morgan fingerprint density at radius 3 is 2.56 bits per heavy atom. The Bertz CT molecular complexity index is 1190. The molecule has 2 unspecified atom stereocenters. The third kappa shape index (κ3) is 5.57. The van der Waals surface area contributed by atoms with Gasteiger partial charge >= 0.3 is 6.03 Å². The van der Waals surface area contributed by atoms with Crippen LogP contribution in [-0.4, -0.2) is 64.8 Å². The molecule has 2 aliphatic heterocycles. The molecule has 2 saturated heterocycles. The summed E-state index contributed by atoms with van der Waals surface area (Å²) in [6.07, 6.45) is 5.75. The summed E-state index contributed by atoms with van der Waals surface area (Å²) in [5.41, 5.74) is 4.37. The molecule has 190 valence electrons. The number of nitrogens with zero attached hydrogens (tertiary/aromatic N) is 4. The highest BCUT2D eigenvalue weighted by Gasteiger charge is 2.35. The maximum atomic E-state index is 13.4. The molecule has 0 N–H and O–H groups in total. The second-order valence-corrected chi connectivity index (χ2v) is 10.1. The van der Waals surface area contributed by atoms with Gasteiger partial charge in [0.2, 0.25) is 0 Å². The van der Waals surface area contributed by atoms with Crippen LogP contribution in [0.25, 0.3) is 0 Å². The van der Waals surface area contributed by atoms with E-state index in [4.69, 9.17) is 21.3 Å². The molecule has 0 saturated carbocycles. The molecule has 2 aliphatic rings. The van der Waals surface area contributed by atoms with Gasteiger partial charge in [0, 0.05) is 55.8 Å². The lowest BCUT2D eigenvalue weighted by Crippen LogP contribution is -2.52. The average Bonchev–Trinajstić information content (AvgIpc) is 3.39. The number of likely N-dealkylation sites (tertiary alicyclic amines) is 1. The molecule has 3 heterocycles. The van der Waals surface area contributed by atoms with E-state index >= 15 is 0 Å². The lowest BCUT2D eigenvalue weighted by Gasteiger charge is -2.40. The molecule has 0 radical (unpaired) electrons. The molecule has 36 heavy (non-hydrogen) atoms. The normalized spacial score (nSPS) is 20.5. The van der Waals surface area contributed by atoms with Gasteiger partial charge in [-0.05, 0) is 41.7 Å². The molecule has 5 rings (SSSR count). The number of hydrogen-bond acceptors (Lipinski definition) is 3. The quantitative estimate of drug-likeness (QED) is 0.467. The average molecular weight is 511 g/mol. The van der Waals surface area contributed by atoms with E-state index in [2.05, 4.69) is 31.2 Å². The summed E-state index contributed by atoms with van der Waals surface area (Å²) in [7, 11) is 0. The Balaban J connectivity index is 1.37. The van der Waals surface area contributed by atoms with Crippen LogP contribution in [0.2, 0.25) is 5.02 Å². The molecule has 3 aromatic rings. The van der Waals surface area contributed by atoms with E-state index in [0.29, 0.717) is 51.0 Å². The molecule has 0 aliphatic carbocycles. The fraction of sp³-hybridized carbons (Fsp3) is 0.429. The number of hydrogen-bond donors (Lipinski definition) is 0. The third-order valence-corrected chi connectivity index (χ3v) is 7.65. The largest absolute Gasteiger partial charge is 0.378 e. The fourth-order valence-electron chi connectivity index (χ4n) is 5.21. The highest BCUT2D eigenvalue weighted by molar-refractivity contribution is 6.31. The van der Waals surface area contributed by atoms with Gasteiger partial charge in [-0.1, -0.05) is 48.9 Å². The SMILES string of the molecule is CCc1ccc(C2CC(c3cn(Cc4ccc(F)cc4Cl)cn3)CN(C(=O)N3CCOCC3)C2)cc1. The predicted octanol–water partition coefficient (Wildman–Crippen LogP) is 5.31. The van der Waals surface area contributed by atoms with Crippen LogP contribution in [0.1, 0.15) is 47.6 Å². The minimum atomic E-state index is -0.347. The molecule has 2 amide bonds. The number of rotatable bonds is 5. The standard InChI is InChI=1S/C28H32ClFN4O2/c1-2-20-3-5-21(6-4-20)23-13-24(17-34(16-23)28(35)33-9-11-36-12-10-33)27-18-32(19-31-27)15-22-7-8-25(30)14-26(22)29/h3-8,14,18-19,23-24H,2,9-13,15-17H2,1H3. The number of imidazole rings is 1. The molecule has 2 fully saturated rings. The van der Waals surface area contributed by atoms with Gasteiger partial charge in [-0.3, -0.25) is 0 Å². The van der Waals surface area contributed by atoms with E-state index < -0.39 is 0 Å². The van der Waals surface area contributed by atoms with E-state index in [0.717, 1.165) is 24.1 Å².